The standard InChI is InChI=1S/C2H4IN2PS/c1-6-5-4-2(3)7/h6H,1H3/b5-4+/i6T. The summed E-state index contributed by atoms with van der Waals surface area (Å²) in [4.78, 5) is 3.53. The number of halogens is 1. The van der Waals surface area contributed by atoms with Crippen molar-refractivity contribution in [2.24, 2.45) is 10.00 Å². The van der Waals surface area contributed by atoms with Crippen LogP contribution in [0.2, 0.25) is 0 Å². The lowest BCUT2D eigenvalue weighted by molar-refractivity contribution is 1.47. The fourth-order valence-corrected chi connectivity index (χ4v) is 0.639. The summed E-state index contributed by atoms with van der Waals surface area (Å²) in [6, 6.07) is 0. The normalized spacial score (nSPS) is 16.6. The second kappa shape index (κ2) is 5.00. The molecule has 1 unspecified atom stereocenters. The van der Waals surface area contributed by atoms with Gasteiger partial charge in [0.05, 0.1) is 1.28 Å². The quantitative estimate of drug-likeness (QED) is 0.174. The van der Waals surface area contributed by atoms with Crippen LogP contribution in [0, 0.1) is 0 Å². The molecule has 0 saturated carbocycles. The van der Waals surface area contributed by atoms with E-state index in [2.05, 4.69) is 22.2 Å². The van der Waals surface area contributed by atoms with Crippen molar-refractivity contribution in [1.29, 1.82) is 1.28 Å². The van der Waals surface area contributed by atoms with Crippen LogP contribution in [0.25, 0.3) is 0 Å². The second-order valence-electron chi connectivity index (χ2n) is 0.642. The first kappa shape index (κ1) is 5.98. The van der Waals surface area contributed by atoms with E-state index in [1.54, 1.807) is 6.66 Å². The van der Waals surface area contributed by atoms with Crippen molar-refractivity contribution in [3.8, 4) is 0 Å². The Labute approximate surface area is 64.4 Å². The Morgan fingerprint density at radius 3 is 2.86 bits per heavy atom. The van der Waals surface area contributed by atoms with E-state index >= 15 is 0 Å². The van der Waals surface area contributed by atoms with Gasteiger partial charge in [0, 0.05) is 8.68 Å². The largest absolute Gasteiger partial charge is 0.186 e. The molecule has 0 aliphatic carbocycles. The average Bonchev–Trinajstić information content (AvgIpc) is 1.61. The Hall–Kier alpha value is 0.850. The molecule has 0 aliphatic heterocycles. The fraction of sp³-hybridized carbons (Fsp3) is 0.500. The lowest BCUT2D eigenvalue weighted by Gasteiger charge is -1.75. The van der Waals surface area contributed by atoms with Gasteiger partial charge in [-0.25, -0.2) is 0 Å². The Bertz CT molecular complexity index is 117. The first-order valence-electron chi connectivity index (χ1n) is 1.91. The third-order valence-corrected chi connectivity index (χ3v) is 0.779. The lowest BCUT2D eigenvalue weighted by atomic mass is 11.5. The van der Waals surface area contributed by atoms with Gasteiger partial charge >= 0.3 is 0 Å². The lowest BCUT2D eigenvalue weighted by Crippen LogP contribution is -1.62. The van der Waals surface area contributed by atoms with Crippen molar-refractivity contribution >= 4 is 46.5 Å². The molecular formula is C2H4IN2PS. The van der Waals surface area contributed by atoms with E-state index in [0.717, 1.165) is 0 Å². The summed E-state index contributed by atoms with van der Waals surface area (Å²) >= 11 is 6.44. The highest BCUT2D eigenvalue weighted by Gasteiger charge is 1.75. The molecule has 0 spiro atoms. The molecule has 1 atom stereocenters. The highest BCUT2D eigenvalue weighted by molar-refractivity contribution is 14.1. The number of rotatable bonds is 1. The SMILES string of the molecule is [3H]P(C)/N=N/C(=S)I. The van der Waals surface area contributed by atoms with Crippen LogP contribution < -0.4 is 0 Å². The van der Waals surface area contributed by atoms with Crippen molar-refractivity contribution in [2.45, 2.75) is 0 Å². The molecule has 0 heterocycles. The van der Waals surface area contributed by atoms with E-state index in [0.29, 0.717) is 3.00 Å². The van der Waals surface area contributed by atoms with Crippen molar-refractivity contribution in [3.05, 3.63) is 0 Å². The van der Waals surface area contributed by atoms with Crippen molar-refractivity contribution < 1.29 is 0 Å². The summed E-state index contributed by atoms with van der Waals surface area (Å²) in [7, 11) is -1.02. The molecule has 0 rings (SSSR count). The molecule has 0 fully saturated rings. The second-order valence-corrected chi connectivity index (χ2v) is 3.36. The van der Waals surface area contributed by atoms with Gasteiger partial charge in [-0.15, -0.1) is 5.11 Å². The molecule has 0 amide bonds. The van der Waals surface area contributed by atoms with Crippen LogP contribution in [0.3, 0.4) is 0 Å². The minimum absolute atomic E-state index is 0.462. The molecule has 0 aromatic rings. The number of nitrogens with zero attached hydrogens (tertiary/aromatic N) is 2. The van der Waals surface area contributed by atoms with Crippen LogP contribution in [0.4, 0.5) is 0 Å². The maximum atomic E-state index is 6.91. The van der Waals surface area contributed by atoms with Crippen LogP contribution in [0.1, 0.15) is 0 Å². The molecule has 0 bridgehead atoms. The van der Waals surface area contributed by atoms with Crippen molar-refractivity contribution in [2.75, 3.05) is 6.66 Å². The minimum atomic E-state index is -1.02. The average molecular weight is 248 g/mol. The van der Waals surface area contributed by atoms with E-state index in [1.165, 1.54) is 0 Å². The Balaban J connectivity index is 3.50. The zero-order chi connectivity index (χ0) is 6.57. The summed E-state index contributed by atoms with van der Waals surface area (Å²) in [6.45, 7) is 1.69. The smallest absolute Gasteiger partial charge is 0.168 e. The summed E-state index contributed by atoms with van der Waals surface area (Å²) in [5.41, 5.74) is 0. The van der Waals surface area contributed by atoms with Crippen LogP contribution in [0.5, 0.6) is 0 Å². The summed E-state index contributed by atoms with van der Waals surface area (Å²) < 4.78 is 7.37. The van der Waals surface area contributed by atoms with Gasteiger partial charge in [0.1, 0.15) is 0 Å². The molecule has 2 nitrogen and oxygen atoms in total. The van der Waals surface area contributed by atoms with Crippen LogP contribution >= 0.6 is 43.5 Å². The number of hydrogen-bond acceptors (Lipinski definition) is 2. The molecule has 7 heavy (non-hydrogen) atoms. The zero-order valence-electron chi connectivity index (χ0n) is 4.63. The minimum Gasteiger partial charge on any atom is -0.168 e. The molecule has 40 valence electrons. The monoisotopic (exact) mass is 248 g/mol. The molecule has 0 saturated heterocycles. The predicted octanol–water partition coefficient (Wildman–Crippen LogP) is 2.38. The molecule has 5 heteroatoms. The Morgan fingerprint density at radius 1 is 2.14 bits per heavy atom. The summed E-state index contributed by atoms with van der Waals surface area (Å²) in [6.07, 6.45) is 0. The molecule has 0 aliphatic rings. The summed E-state index contributed by atoms with van der Waals surface area (Å²) in [5, 5.41) is 3.51. The third kappa shape index (κ3) is 6.85. The topological polar surface area (TPSA) is 24.7 Å². The third-order valence-electron chi connectivity index (χ3n) is 0.213. The molecular weight excluding hydrogens is 242 g/mol. The summed E-state index contributed by atoms with van der Waals surface area (Å²) in [5.74, 6) is 0. The van der Waals surface area contributed by atoms with E-state index in [9.17, 15) is 0 Å². The maximum absolute atomic E-state index is 6.91. The zero-order valence-corrected chi connectivity index (χ0v) is 7.50. The van der Waals surface area contributed by atoms with Crippen LogP contribution in [0.15, 0.2) is 10.00 Å². The number of thiocarbonyl (C=S) groups is 1. The number of hydrogen-bond donors (Lipinski definition) is 0. The van der Waals surface area contributed by atoms with Gasteiger partial charge < -0.3 is 0 Å². The van der Waals surface area contributed by atoms with Gasteiger partial charge in [-0.1, -0.05) is 0 Å². The van der Waals surface area contributed by atoms with Gasteiger partial charge in [0.15, 0.2) is 3.00 Å². The molecule has 0 radical (unpaired) electrons. The van der Waals surface area contributed by atoms with Crippen molar-refractivity contribution in [1.82, 2.24) is 0 Å². The highest BCUT2D eigenvalue weighted by Crippen LogP contribution is 2.05. The van der Waals surface area contributed by atoms with Gasteiger partial charge in [-0.3, -0.25) is 0 Å². The first-order chi connectivity index (χ1) is 3.63. The highest BCUT2D eigenvalue weighted by atomic mass is 127. The molecule has 0 aromatic carbocycles. The van der Waals surface area contributed by atoms with Crippen LogP contribution in [-0.4, -0.2) is 10.9 Å². The first-order valence-corrected chi connectivity index (χ1v) is 4.25. The van der Waals surface area contributed by atoms with Gasteiger partial charge in [0.25, 0.3) is 0 Å². The Kier molecular flexibility index (Phi) is 4.27. The Morgan fingerprint density at radius 2 is 2.71 bits per heavy atom. The van der Waals surface area contributed by atoms with Gasteiger partial charge in [0.2, 0.25) is 0 Å². The van der Waals surface area contributed by atoms with Gasteiger partial charge in [-0.2, -0.15) is 4.88 Å². The predicted molar refractivity (Wildman–Crippen MR) is 45.7 cm³/mol. The van der Waals surface area contributed by atoms with E-state index in [1.807, 2.05) is 22.6 Å². The van der Waals surface area contributed by atoms with E-state index in [-0.39, 0.29) is 0 Å². The molecule has 0 N–H and O–H groups in total. The van der Waals surface area contributed by atoms with E-state index < -0.39 is 8.68 Å². The van der Waals surface area contributed by atoms with E-state index in [4.69, 9.17) is 1.28 Å². The molecule has 0 aromatic heterocycles. The fourth-order valence-electron chi connectivity index (χ4n) is 0.0799. The van der Waals surface area contributed by atoms with Crippen molar-refractivity contribution in [3.63, 3.8) is 0 Å². The van der Waals surface area contributed by atoms with Gasteiger partial charge in [-0.05, 0) is 41.5 Å². The maximum Gasteiger partial charge on any atom is 0.186 e. The van der Waals surface area contributed by atoms with Crippen LogP contribution in [-0.2, 0) is 0 Å².